The van der Waals surface area contributed by atoms with Crippen LogP contribution in [0.25, 0.3) is 0 Å². The third-order valence-electron chi connectivity index (χ3n) is 3.17. The average Bonchev–Trinajstić information content (AvgIpc) is 2.62. The summed E-state index contributed by atoms with van der Waals surface area (Å²) in [7, 11) is 3.00. The number of amides is 1. The molecular weight excluding hydrogens is 414 g/mol. The van der Waals surface area contributed by atoms with Gasteiger partial charge in [-0.15, -0.1) is 0 Å². The Morgan fingerprint density at radius 3 is 2.56 bits per heavy atom. The fourth-order valence-electron chi connectivity index (χ4n) is 1.95. The molecule has 0 aliphatic heterocycles. The first-order chi connectivity index (χ1) is 11.9. The molecule has 1 amide bonds. The summed E-state index contributed by atoms with van der Waals surface area (Å²) in [5, 5.41) is 2.85. The van der Waals surface area contributed by atoms with Crippen molar-refractivity contribution in [2.75, 3.05) is 26.1 Å². The number of hydrogen-bond donors (Lipinski definition) is 1. The molecule has 0 saturated heterocycles. The van der Waals surface area contributed by atoms with Gasteiger partial charge >= 0.3 is 5.97 Å². The molecule has 0 saturated carbocycles. The Hall–Kier alpha value is -2.25. The second kappa shape index (κ2) is 8.73. The highest BCUT2D eigenvalue weighted by Gasteiger charge is 2.15. The Morgan fingerprint density at radius 2 is 1.88 bits per heavy atom. The fourth-order valence-corrected chi connectivity index (χ4v) is 2.51. The van der Waals surface area contributed by atoms with Crippen LogP contribution in [0, 0.1) is 0 Å². The number of anilines is 1. The standard InChI is InChI=1S/C17H15BrClNO5/c1-23-11-4-6-14(15(8-11)24-2)20-16(21)9-25-17(22)12-7-10(18)3-5-13(12)19/h3-8H,9H2,1-2H3,(H,20,21). The molecule has 0 aromatic heterocycles. The van der Waals surface area contributed by atoms with E-state index in [9.17, 15) is 9.59 Å². The number of nitrogens with one attached hydrogen (secondary N) is 1. The number of halogens is 2. The number of hydrogen-bond acceptors (Lipinski definition) is 5. The van der Waals surface area contributed by atoms with E-state index < -0.39 is 18.5 Å². The van der Waals surface area contributed by atoms with E-state index >= 15 is 0 Å². The van der Waals surface area contributed by atoms with Crippen LogP contribution in [0.4, 0.5) is 5.69 Å². The first kappa shape index (κ1) is 19.1. The number of esters is 1. The van der Waals surface area contributed by atoms with Crippen molar-refractivity contribution in [3.63, 3.8) is 0 Å². The molecule has 0 unspecified atom stereocenters. The van der Waals surface area contributed by atoms with Crippen molar-refractivity contribution in [2.24, 2.45) is 0 Å². The molecule has 0 atom stereocenters. The first-order valence-electron chi connectivity index (χ1n) is 7.08. The van der Waals surface area contributed by atoms with Crippen molar-refractivity contribution in [1.29, 1.82) is 0 Å². The van der Waals surface area contributed by atoms with E-state index in [4.69, 9.17) is 25.8 Å². The van der Waals surface area contributed by atoms with E-state index in [1.165, 1.54) is 20.3 Å². The van der Waals surface area contributed by atoms with Crippen LogP contribution >= 0.6 is 27.5 Å². The van der Waals surface area contributed by atoms with Crippen LogP contribution in [-0.2, 0) is 9.53 Å². The Balaban J connectivity index is 1.99. The SMILES string of the molecule is COc1ccc(NC(=O)COC(=O)c2cc(Br)ccc2Cl)c(OC)c1. The van der Waals surface area contributed by atoms with Gasteiger partial charge in [-0.3, -0.25) is 4.79 Å². The second-order valence-corrected chi connectivity index (χ2v) is 6.14. The molecule has 1 N–H and O–H groups in total. The lowest BCUT2D eigenvalue weighted by atomic mass is 10.2. The maximum atomic E-state index is 12.0. The van der Waals surface area contributed by atoms with Crippen LogP contribution in [0.5, 0.6) is 11.5 Å². The van der Waals surface area contributed by atoms with Crippen molar-refractivity contribution in [3.8, 4) is 11.5 Å². The lowest BCUT2D eigenvalue weighted by Crippen LogP contribution is -2.21. The third-order valence-corrected chi connectivity index (χ3v) is 3.99. The van der Waals surface area contributed by atoms with Crippen LogP contribution in [-0.4, -0.2) is 32.7 Å². The summed E-state index contributed by atoms with van der Waals surface area (Å²) in [6, 6.07) is 9.71. The fraction of sp³-hybridized carbons (Fsp3) is 0.176. The van der Waals surface area contributed by atoms with E-state index in [0.29, 0.717) is 21.7 Å². The Labute approximate surface area is 158 Å². The number of carbonyl (C=O) groups is 2. The van der Waals surface area contributed by atoms with Crippen LogP contribution in [0.15, 0.2) is 40.9 Å². The van der Waals surface area contributed by atoms with Crippen LogP contribution in [0.1, 0.15) is 10.4 Å². The van der Waals surface area contributed by atoms with Crippen LogP contribution in [0.3, 0.4) is 0 Å². The van der Waals surface area contributed by atoms with Gasteiger partial charge in [0.05, 0.1) is 30.5 Å². The maximum absolute atomic E-state index is 12.0. The molecule has 6 nitrogen and oxygen atoms in total. The minimum absolute atomic E-state index is 0.172. The summed E-state index contributed by atoms with van der Waals surface area (Å²) in [5.41, 5.74) is 0.607. The van der Waals surface area contributed by atoms with Gasteiger partial charge in [0.15, 0.2) is 6.61 Å². The molecule has 0 spiro atoms. The van der Waals surface area contributed by atoms with Crippen molar-refractivity contribution in [1.82, 2.24) is 0 Å². The quantitative estimate of drug-likeness (QED) is 0.706. The summed E-state index contributed by atoms with van der Waals surface area (Å²) >= 11 is 9.20. The van der Waals surface area contributed by atoms with Gasteiger partial charge in [-0.05, 0) is 30.3 Å². The Kier molecular flexibility index (Phi) is 6.66. The highest BCUT2D eigenvalue weighted by Crippen LogP contribution is 2.29. The van der Waals surface area contributed by atoms with Crippen molar-refractivity contribution >= 4 is 45.1 Å². The molecule has 2 aromatic rings. The van der Waals surface area contributed by atoms with Gasteiger partial charge in [0, 0.05) is 10.5 Å². The smallest absolute Gasteiger partial charge is 0.340 e. The van der Waals surface area contributed by atoms with Crippen LogP contribution < -0.4 is 14.8 Å². The Bertz CT molecular complexity index is 797. The third kappa shape index (κ3) is 5.11. The number of rotatable bonds is 6. The topological polar surface area (TPSA) is 73.9 Å². The van der Waals surface area contributed by atoms with Crippen molar-refractivity contribution < 1.29 is 23.8 Å². The number of carbonyl (C=O) groups excluding carboxylic acids is 2. The molecule has 0 aliphatic carbocycles. The first-order valence-corrected chi connectivity index (χ1v) is 8.25. The molecule has 2 rings (SSSR count). The molecule has 0 radical (unpaired) electrons. The van der Waals surface area contributed by atoms with Gasteiger partial charge in [0.2, 0.25) is 0 Å². The average molecular weight is 429 g/mol. The highest BCUT2D eigenvalue weighted by atomic mass is 79.9. The lowest BCUT2D eigenvalue weighted by molar-refractivity contribution is -0.119. The summed E-state index contributed by atoms with van der Waals surface area (Å²) < 4.78 is 15.9. The normalized spacial score (nSPS) is 10.1. The zero-order valence-corrected chi connectivity index (χ0v) is 15.8. The van der Waals surface area contributed by atoms with Gasteiger partial charge in [-0.2, -0.15) is 0 Å². The molecule has 0 aliphatic rings. The van der Waals surface area contributed by atoms with Gasteiger partial charge in [0.25, 0.3) is 5.91 Å². The minimum atomic E-state index is -0.692. The number of ether oxygens (including phenoxy) is 3. The molecule has 0 bridgehead atoms. The molecular formula is C17H15BrClNO5. The van der Waals surface area contributed by atoms with E-state index in [1.807, 2.05) is 0 Å². The minimum Gasteiger partial charge on any atom is -0.497 e. The van der Waals surface area contributed by atoms with Crippen molar-refractivity contribution in [2.45, 2.75) is 0 Å². The highest BCUT2D eigenvalue weighted by molar-refractivity contribution is 9.10. The van der Waals surface area contributed by atoms with Gasteiger partial charge in [-0.1, -0.05) is 27.5 Å². The summed E-state index contributed by atoms with van der Waals surface area (Å²) in [6.45, 7) is -0.461. The molecule has 0 fully saturated rings. The van der Waals surface area contributed by atoms with E-state index in [0.717, 1.165) is 0 Å². The number of methoxy groups -OCH3 is 2. The zero-order valence-electron chi connectivity index (χ0n) is 13.5. The van der Waals surface area contributed by atoms with Gasteiger partial charge in [-0.25, -0.2) is 4.79 Å². The van der Waals surface area contributed by atoms with E-state index in [2.05, 4.69) is 21.2 Å². The van der Waals surface area contributed by atoms with Gasteiger partial charge in [0.1, 0.15) is 11.5 Å². The van der Waals surface area contributed by atoms with Crippen LogP contribution in [0.2, 0.25) is 5.02 Å². The molecule has 8 heteroatoms. The van der Waals surface area contributed by atoms with Gasteiger partial charge < -0.3 is 19.5 Å². The molecule has 0 heterocycles. The maximum Gasteiger partial charge on any atom is 0.340 e. The summed E-state index contributed by atoms with van der Waals surface area (Å²) in [6.07, 6.45) is 0. The van der Waals surface area contributed by atoms with E-state index in [1.54, 1.807) is 30.3 Å². The molecule has 132 valence electrons. The zero-order chi connectivity index (χ0) is 18.4. The molecule has 25 heavy (non-hydrogen) atoms. The predicted molar refractivity (Wildman–Crippen MR) is 97.6 cm³/mol. The van der Waals surface area contributed by atoms with Crippen molar-refractivity contribution in [3.05, 3.63) is 51.5 Å². The molecule has 2 aromatic carbocycles. The largest absolute Gasteiger partial charge is 0.497 e. The second-order valence-electron chi connectivity index (χ2n) is 4.81. The predicted octanol–water partition coefficient (Wildman–Crippen LogP) is 3.92. The monoisotopic (exact) mass is 427 g/mol. The summed E-state index contributed by atoms with van der Waals surface area (Å²) in [5.74, 6) is -0.189. The lowest BCUT2D eigenvalue weighted by Gasteiger charge is -2.12. The Morgan fingerprint density at radius 1 is 1.12 bits per heavy atom. The number of benzene rings is 2. The summed E-state index contributed by atoms with van der Waals surface area (Å²) in [4.78, 5) is 24.0. The van der Waals surface area contributed by atoms with E-state index in [-0.39, 0.29) is 10.6 Å².